The zero-order valence-electron chi connectivity index (χ0n) is 18.5. The average Bonchev–Trinajstić information content (AvgIpc) is 3.45. The minimum Gasteiger partial charge on any atom is -0.360 e. The topological polar surface area (TPSA) is 110 Å². The molecule has 3 heterocycles. The van der Waals surface area contributed by atoms with Crippen molar-refractivity contribution in [1.29, 1.82) is 0 Å². The zero-order chi connectivity index (χ0) is 23.8. The van der Waals surface area contributed by atoms with E-state index in [4.69, 9.17) is 4.52 Å². The first-order valence-corrected chi connectivity index (χ1v) is 11.6. The fourth-order valence-corrected chi connectivity index (χ4v) is 5.02. The van der Waals surface area contributed by atoms with Gasteiger partial charge in [-0.1, -0.05) is 35.5 Å². The summed E-state index contributed by atoms with van der Waals surface area (Å²) in [4.78, 5) is 40.2. The van der Waals surface area contributed by atoms with Crippen molar-refractivity contribution in [2.75, 3.05) is 17.7 Å². The molecule has 0 spiro atoms. The fourth-order valence-electron chi connectivity index (χ4n) is 3.90. The SMILES string of the molecule is CC(=O)n1ncc2cc3c(cc21)SC[C@H](NC(=O)c1cc(Cc2ccccc2)on1)C(=O)N3C. The summed E-state index contributed by atoms with van der Waals surface area (Å²) < 4.78 is 6.65. The zero-order valence-corrected chi connectivity index (χ0v) is 19.3. The summed E-state index contributed by atoms with van der Waals surface area (Å²) in [7, 11) is 1.67. The van der Waals surface area contributed by atoms with Crippen molar-refractivity contribution < 1.29 is 18.9 Å². The highest BCUT2D eigenvalue weighted by molar-refractivity contribution is 7.99. The summed E-state index contributed by atoms with van der Waals surface area (Å²) in [5, 5.41) is 11.6. The van der Waals surface area contributed by atoms with Crippen LogP contribution in [0.2, 0.25) is 0 Å². The van der Waals surface area contributed by atoms with Crippen molar-refractivity contribution in [3.8, 4) is 0 Å². The van der Waals surface area contributed by atoms with E-state index < -0.39 is 11.9 Å². The van der Waals surface area contributed by atoms with Gasteiger partial charge in [-0.2, -0.15) is 5.10 Å². The quantitative estimate of drug-likeness (QED) is 0.483. The second kappa shape index (κ2) is 8.79. The number of carbonyl (C=O) groups excluding carboxylic acids is 3. The first-order valence-electron chi connectivity index (χ1n) is 10.6. The lowest BCUT2D eigenvalue weighted by molar-refractivity contribution is -0.119. The van der Waals surface area contributed by atoms with Crippen LogP contribution in [-0.4, -0.2) is 51.5 Å². The molecule has 0 bridgehead atoms. The molecule has 0 saturated carbocycles. The van der Waals surface area contributed by atoms with Crippen LogP contribution in [-0.2, 0) is 11.2 Å². The molecular formula is C24H21N5O4S. The third-order valence-electron chi connectivity index (χ3n) is 5.66. The van der Waals surface area contributed by atoms with Gasteiger partial charge in [-0.3, -0.25) is 14.4 Å². The Morgan fingerprint density at radius 1 is 1.21 bits per heavy atom. The van der Waals surface area contributed by atoms with E-state index in [1.54, 1.807) is 19.3 Å². The van der Waals surface area contributed by atoms with Gasteiger partial charge in [0, 0.05) is 42.5 Å². The summed E-state index contributed by atoms with van der Waals surface area (Å²) in [6.45, 7) is 1.45. The summed E-state index contributed by atoms with van der Waals surface area (Å²) >= 11 is 1.43. The van der Waals surface area contributed by atoms with Crippen LogP contribution >= 0.6 is 11.8 Å². The van der Waals surface area contributed by atoms with Gasteiger partial charge in [-0.05, 0) is 17.7 Å². The molecule has 9 nitrogen and oxygen atoms in total. The molecular weight excluding hydrogens is 454 g/mol. The van der Waals surface area contributed by atoms with Crippen molar-refractivity contribution in [1.82, 2.24) is 20.3 Å². The van der Waals surface area contributed by atoms with Gasteiger partial charge >= 0.3 is 0 Å². The first-order chi connectivity index (χ1) is 16.4. The Balaban J connectivity index is 1.33. The number of benzene rings is 2. The Labute approximate surface area is 199 Å². The van der Waals surface area contributed by atoms with Crippen LogP contribution in [0.3, 0.4) is 0 Å². The molecule has 172 valence electrons. The van der Waals surface area contributed by atoms with Crippen LogP contribution in [0, 0.1) is 0 Å². The predicted octanol–water partition coefficient (Wildman–Crippen LogP) is 3.14. The monoisotopic (exact) mass is 475 g/mol. The van der Waals surface area contributed by atoms with E-state index in [0.717, 1.165) is 15.8 Å². The number of fused-ring (bicyclic) bond motifs is 2. The maximum absolute atomic E-state index is 13.1. The summed E-state index contributed by atoms with van der Waals surface area (Å²) in [5.41, 5.74) is 2.55. The van der Waals surface area contributed by atoms with Gasteiger partial charge in [0.05, 0.1) is 17.4 Å². The number of amides is 2. The van der Waals surface area contributed by atoms with Crippen LogP contribution < -0.4 is 10.2 Å². The second-order valence-corrected chi connectivity index (χ2v) is 9.09. The summed E-state index contributed by atoms with van der Waals surface area (Å²) in [5.74, 6) is -0.0169. The molecule has 0 fully saturated rings. The second-order valence-electron chi connectivity index (χ2n) is 8.03. The highest BCUT2D eigenvalue weighted by Crippen LogP contribution is 2.37. The van der Waals surface area contributed by atoms with Crippen molar-refractivity contribution in [3.05, 3.63) is 71.7 Å². The van der Waals surface area contributed by atoms with Crippen LogP contribution in [0.1, 0.15) is 33.5 Å². The Hall–Kier alpha value is -3.92. The fraction of sp³-hybridized carbons (Fsp3) is 0.208. The van der Waals surface area contributed by atoms with E-state index in [1.165, 1.54) is 28.3 Å². The molecule has 0 saturated heterocycles. The number of nitrogens with zero attached hydrogens (tertiary/aromatic N) is 4. The minimum absolute atomic E-state index is 0.125. The highest BCUT2D eigenvalue weighted by atomic mass is 32.2. The van der Waals surface area contributed by atoms with E-state index in [1.807, 2.05) is 42.5 Å². The minimum atomic E-state index is -0.753. The van der Waals surface area contributed by atoms with Crippen LogP contribution in [0.15, 0.2) is 64.1 Å². The molecule has 34 heavy (non-hydrogen) atoms. The molecule has 1 atom stereocenters. The van der Waals surface area contributed by atoms with Crippen molar-refractivity contribution in [3.63, 3.8) is 0 Å². The lowest BCUT2D eigenvalue weighted by Crippen LogP contribution is -2.48. The standard InChI is InChI=1S/C24H21N5O4S/c1-14(30)29-20-11-22-21(9-16(20)12-25-29)28(2)24(32)19(13-34-22)26-23(31)18-10-17(33-27-18)8-15-6-4-3-5-7-15/h3-7,9-12,19H,8,13H2,1-2H3,(H,26,31)/t19-/m0/s1. The smallest absolute Gasteiger partial charge is 0.274 e. The van der Waals surface area contributed by atoms with E-state index in [2.05, 4.69) is 15.6 Å². The molecule has 0 radical (unpaired) electrons. The lowest BCUT2D eigenvalue weighted by atomic mass is 10.1. The van der Waals surface area contributed by atoms with E-state index >= 15 is 0 Å². The number of nitrogens with one attached hydrogen (secondary N) is 1. The van der Waals surface area contributed by atoms with Gasteiger partial charge in [0.15, 0.2) is 5.69 Å². The molecule has 0 unspecified atom stereocenters. The van der Waals surface area contributed by atoms with E-state index in [9.17, 15) is 14.4 Å². The van der Waals surface area contributed by atoms with Gasteiger partial charge in [0.25, 0.3) is 5.91 Å². The Kier molecular flexibility index (Phi) is 5.66. The largest absolute Gasteiger partial charge is 0.360 e. The first kappa shape index (κ1) is 21.9. The third-order valence-corrected chi connectivity index (χ3v) is 6.80. The van der Waals surface area contributed by atoms with Crippen LogP contribution in [0.5, 0.6) is 0 Å². The molecule has 4 aromatic rings. The molecule has 10 heteroatoms. The van der Waals surface area contributed by atoms with Crippen molar-refractivity contribution in [2.24, 2.45) is 0 Å². The van der Waals surface area contributed by atoms with E-state index in [-0.39, 0.29) is 17.5 Å². The van der Waals surface area contributed by atoms with Crippen molar-refractivity contribution >= 4 is 46.1 Å². The maximum Gasteiger partial charge on any atom is 0.274 e. The maximum atomic E-state index is 13.1. The van der Waals surface area contributed by atoms with Crippen LogP contribution in [0.4, 0.5) is 5.69 Å². The summed E-state index contributed by atoms with van der Waals surface area (Å²) in [6.07, 6.45) is 2.12. The van der Waals surface area contributed by atoms with Gasteiger partial charge in [0.1, 0.15) is 11.8 Å². The van der Waals surface area contributed by atoms with Gasteiger partial charge in [-0.15, -0.1) is 11.8 Å². The molecule has 1 aliphatic heterocycles. The molecule has 1 N–H and O–H groups in total. The number of aromatic nitrogens is 3. The normalized spacial score (nSPS) is 15.8. The van der Waals surface area contributed by atoms with Crippen molar-refractivity contribution in [2.45, 2.75) is 24.3 Å². The van der Waals surface area contributed by atoms with E-state index in [0.29, 0.717) is 29.1 Å². The molecule has 0 aliphatic carbocycles. The Morgan fingerprint density at radius 2 is 2.00 bits per heavy atom. The number of hydrogen-bond donors (Lipinski definition) is 1. The van der Waals surface area contributed by atoms with Crippen LogP contribution in [0.25, 0.3) is 10.9 Å². The lowest BCUT2D eigenvalue weighted by Gasteiger charge is -2.21. The average molecular weight is 476 g/mol. The molecule has 1 aliphatic rings. The Morgan fingerprint density at radius 3 is 2.76 bits per heavy atom. The summed E-state index contributed by atoms with van der Waals surface area (Å²) in [6, 6.07) is 14.3. The molecule has 2 aromatic carbocycles. The number of rotatable bonds is 4. The molecule has 2 aromatic heterocycles. The van der Waals surface area contributed by atoms with Gasteiger partial charge in [0.2, 0.25) is 11.8 Å². The number of thioether (sulfide) groups is 1. The number of likely N-dealkylation sites (N-methyl/N-ethyl adjacent to an activating group) is 1. The number of carbonyl (C=O) groups is 3. The van der Waals surface area contributed by atoms with Gasteiger partial charge < -0.3 is 14.7 Å². The highest BCUT2D eigenvalue weighted by Gasteiger charge is 2.31. The molecule has 2 amide bonds. The predicted molar refractivity (Wildman–Crippen MR) is 127 cm³/mol. The number of hydrogen-bond acceptors (Lipinski definition) is 7. The Bertz CT molecular complexity index is 1410. The third kappa shape index (κ3) is 4.08. The van der Waals surface area contributed by atoms with Gasteiger partial charge in [-0.25, -0.2) is 4.68 Å². The molecule has 5 rings (SSSR count). The number of anilines is 1.